The van der Waals surface area contributed by atoms with Crippen molar-refractivity contribution >= 4 is 28.5 Å². The number of para-hydroxylation sites is 2. The third kappa shape index (κ3) is 4.49. The molecule has 0 amide bonds. The molecule has 0 saturated carbocycles. The second-order valence-corrected chi connectivity index (χ2v) is 6.03. The molecule has 0 aliphatic carbocycles. The summed E-state index contributed by atoms with van der Waals surface area (Å²) in [4.78, 5) is 12.7. The highest BCUT2D eigenvalue weighted by Crippen LogP contribution is 2.23. The van der Waals surface area contributed by atoms with Crippen molar-refractivity contribution in [2.24, 2.45) is 0 Å². The summed E-state index contributed by atoms with van der Waals surface area (Å²) in [7, 11) is 0. The quantitative estimate of drug-likeness (QED) is 0.461. The van der Waals surface area contributed by atoms with Gasteiger partial charge in [0.15, 0.2) is 11.5 Å². The number of halogens is 2. The Hall–Kier alpha value is -2.67. The zero-order valence-electron chi connectivity index (χ0n) is 14.3. The van der Waals surface area contributed by atoms with Crippen LogP contribution in [-0.4, -0.2) is 28.1 Å². The fourth-order valence-electron chi connectivity index (χ4n) is 2.30. The number of aryl methyl sites for hydroxylation is 1. The van der Waals surface area contributed by atoms with E-state index in [2.05, 4.69) is 26.8 Å². The zero-order chi connectivity index (χ0) is 18.5. The van der Waals surface area contributed by atoms with Crippen molar-refractivity contribution < 1.29 is 13.5 Å². The highest BCUT2D eigenvalue weighted by Gasteiger charge is 2.11. The van der Waals surface area contributed by atoms with Gasteiger partial charge in [0, 0.05) is 12.0 Å². The maximum Gasteiger partial charge on any atom is 0.319 e. The van der Waals surface area contributed by atoms with E-state index in [1.807, 2.05) is 24.3 Å². The van der Waals surface area contributed by atoms with Crippen LogP contribution in [0.25, 0.3) is 11.1 Å². The Morgan fingerprint density at radius 1 is 1.31 bits per heavy atom. The number of benzene rings is 1. The Kier molecular flexibility index (Phi) is 5.68. The predicted octanol–water partition coefficient (Wildman–Crippen LogP) is 4.49. The van der Waals surface area contributed by atoms with Gasteiger partial charge in [-0.25, -0.2) is 9.37 Å². The molecule has 136 valence electrons. The van der Waals surface area contributed by atoms with Gasteiger partial charge in [-0.3, -0.25) is 0 Å². The topological polar surface area (TPSA) is 73.1 Å². The van der Waals surface area contributed by atoms with Gasteiger partial charge in [0.25, 0.3) is 0 Å². The maximum atomic E-state index is 12.8. The van der Waals surface area contributed by atoms with Crippen LogP contribution in [0.15, 0.2) is 41.1 Å². The van der Waals surface area contributed by atoms with Crippen molar-refractivity contribution in [2.75, 3.05) is 18.5 Å². The van der Waals surface area contributed by atoms with Gasteiger partial charge < -0.3 is 14.5 Å². The van der Waals surface area contributed by atoms with Crippen molar-refractivity contribution in [2.45, 2.75) is 19.8 Å². The van der Waals surface area contributed by atoms with Crippen molar-refractivity contribution in [3.8, 4) is 6.01 Å². The van der Waals surface area contributed by atoms with Crippen LogP contribution in [0.4, 0.5) is 10.2 Å². The lowest BCUT2D eigenvalue weighted by Crippen LogP contribution is -2.09. The van der Waals surface area contributed by atoms with E-state index in [1.165, 1.54) is 0 Å². The molecule has 6 nitrogen and oxygen atoms in total. The first-order valence-corrected chi connectivity index (χ1v) is 8.49. The van der Waals surface area contributed by atoms with E-state index >= 15 is 0 Å². The van der Waals surface area contributed by atoms with Crippen molar-refractivity contribution in [1.82, 2.24) is 15.0 Å². The van der Waals surface area contributed by atoms with Crippen LogP contribution in [0.5, 0.6) is 6.01 Å². The first-order chi connectivity index (χ1) is 12.5. The van der Waals surface area contributed by atoms with E-state index in [0.717, 1.165) is 11.1 Å². The molecule has 2 heterocycles. The minimum atomic E-state index is -0.500. The number of anilines is 1. The minimum Gasteiger partial charge on any atom is -0.463 e. The number of ether oxygens (including phenoxy) is 1. The molecule has 1 N–H and O–H groups in total. The number of aromatic nitrogens is 3. The Balaban J connectivity index is 1.56. The summed E-state index contributed by atoms with van der Waals surface area (Å²) in [5.41, 5.74) is 2.22. The molecule has 1 aromatic carbocycles. The molecule has 0 spiro atoms. The molecule has 8 heteroatoms. The summed E-state index contributed by atoms with van der Waals surface area (Å²) in [6, 6.07) is 7.74. The molecule has 0 atom stereocenters. The molecule has 3 rings (SSSR count). The number of hydrogen-bond acceptors (Lipinski definition) is 6. The lowest BCUT2D eigenvalue weighted by Gasteiger charge is -2.11. The van der Waals surface area contributed by atoms with E-state index in [0.29, 0.717) is 36.7 Å². The van der Waals surface area contributed by atoms with Gasteiger partial charge in [-0.05, 0) is 25.5 Å². The first kappa shape index (κ1) is 18.1. The molecule has 0 saturated heterocycles. The predicted molar refractivity (Wildman–Crippen MR) is 98.3 cm³/mol. The number of nitrogens with one attached hydrogen (secondary N) is 1. The fraction of sp³-hybridized carbons (Fsp3) is 0.278. The molecule has 0 fully saturated rings. The Morgan fingerprint density at radius 2 is 2.12 bits per heavy atom. The van der Waals surface area contributed by atoms with Gasteiger partial charge in [0.1, 0.15) is 22.3 Å². The Morgan fingerprint density at radius 3 is 2.88 bits per heavy atom. The number of hydrogen-bond donors (Lipinski definition) is 1. The standard InChI is InChI=1S/C18H18ClFN4O2/c1-11(20)10-21-17-12(2)16(19)23-18(24-17)25-9-5-8-15-22-13-6-3-4-7-14(13)26-15/h3-4,6-7H,1,5,8-10H2,2H3,(H,21,23,24). The number of rotatable bonds is 8. The van der Waals surface area contributed by atoms with Gasteiger partial charge in [0.2, 0.25) is 0 Å². The number of fused-ring (bicyclic) bond motifs is 1. The smallest absolute Gasteiger partial charge is 0.319 e. The second kappa shape index (κ2) is 8.14. The molecule has 0 bridgehead atoms. The first-order valence-electron chi connectivity index (χ1n) is 8.11. The summed E-state index contributed by atoms with van der Waals surface area (Å²) in [6.45, 7) is 5.26. The van der Waals surface area contributed by atoms with Crippen LogP contribution in [0.1, 0.15) is 17.9 Å². The van der Waals surface area contributed by atoms with Gasteiger partial charge in [-0.1, -0.05) is 30.3 Å². The average molecular weight is 377 g/mol. The monoisotopic (exact) mass is 376 g/mol. The highest BCUT2D eigenvalue weighted by atomic mass is 35.5. The summed E-state index contributed by atoms with van der Waals surface area (Å²) in [5.74, 6) is 0.569. The summed E-state index contributed by atoms with van der Waals surface area (Å²) in [6.07, 6.45) is 1.30. The normalized spacial score (nSPS) is 10.9. The van der Waals surface area contributed by atoms with Gasteiger partial charge >= 0.3 is 6.01 Å². The lowest BCUT2D eigenvalue weighted by molar-refractivity contribution is 0.283. The zero-order valence-corrected chi connectivity index (χ0v) is 15.0. The van der Waals surface area contributed by atoms with Crippen LogP contribution in [0, 0.1) is 6.92 Å². The molecule has 0 aliphatic heterocycles. The minimum absolute atomic E-state index is 0.0503. The molecular formula is C18H18ClFN4O2. The third-order valence-electron chi connectivity index (χ3n) is 3.62. The fourth-order valence-corrected chi connectivity index (χ4v) is 2.46. The van der Waals surface area contributed by atoms with E-state index in [-0.39, 0.29) is 17.7 Å². The lowest BCUT2D eigenvalue weighted by atomic mass is 10.3. The second-order valence-electron chi connectivity index (χ2n) is 5.67. The average Bonchev–Trinajstić information content (AvgIpc) is 3.03. The van der Waals surface area contributed by atoms with Crippen LogP contribution >= 0.6 is 11.6 Å². The molecule has 26 heavy (non-hydrogen) atoms. The molecule has 0 unspecified atom stereocenters. The Bertz CT molecular complexity index is 896. The Labute approximate surface area is 155 Å². The van der Waals surface area contributed by atoms with Crippen LogP contribution in [0.3, 0.4) is 0 Å². The number of oxazole rings is 1. The largest absolute Gasteiger partial charge is 0.463 e. The van der Waals surface area contributed by atoms with Crippen LogP contribution < -0.4 is 10.1 Å². The highest BCUT2D eigenvalue weighted by molar-refractivity contribution is 6.30. The summed E-state index contributed by atoms with van der Waals surface area (Å²) >= 11 is 6.08. The SMILES string of the molecule is C=C(F)CNc1nc(OCCCc2nc3ccccc3o2)nc(Cl)c1C. The van der Waals surface area contributed by atoms with E-state index < -0.39 is 5.83 Å². The summed E-state index contributed by atoms with van der Waals surface area (Å²) in [5, 5.41) is 3.06. The van der Waals surface area contributed by atoms with Gasteiger partial charge in [-0.15, -0.1) is 0 Å². The summed E-state index contributed by atoms with van der Waals surface area (Å²) < 4.78 is 24.0. The molecule has 0 radical (unpaired) electrons. The van der Waals surface area contributed by atoms with Gasteiger partial charge in [0.05, 0.1) is 13.2 Å². The van der Waals surface area contributed by atoms with Crippen molar-refractivity contribution in [3.05, 3.63) is 53.3 Å². The molecule has 3 aromatic rings. The molecule has 2 aromatic heterocycles. The van der Waals surface area contributed by atoms with Crippen LogP contribution in [0.2, 0.25) is 5.15 Å². The number of nitrogens with zero attached hydrogens (tertiary/aromatic N) is 3. The maximum absolute atomic E-state index is 12.8. The molecular weight excluding hydrogens is 359 g/mol. The van der Waals surface area contributed by atoms with E-state index in [1.54, 1.807) is 6.92 Å². The van der Waals surface area contributed by atoms with Crippen LogP contribution in [-0.2, 0) is 6.42 Å². The third-order valence-corrected chi connectivity index (χ3v) is 3.99. The van der Waals surface area contributed by atoms with E-state index in [4.69, 9.17) is 20.8 Å². The van der Waals surface area contributed by atoms with E-state index in [9.17, 15) is 4.39 Å². The van der Waals surface area contributed by atoms with Gasteiger partial charge in [-0.2, -0.15) is 9.97 Å². The molecule has 0 aliphatic rings. The van der Waals surface area contributed by atoms with Crippen molar-refractivity contribution in [1.29, 1.82) is 0 Å². The van der Waals surface area contributed by atoms with Crippen molar-refractivity contribution in [3.63, 3.8) is 0 Å².